The molecule has 7 heteroatoms. The summed E-state index contributed by atoms with van der Waals surface area (Å²) in [5.74, 6) is 0.206. The predicted octanol–water partition coefficient (Wildman–Crippen LogP) is 3.46. The normalized spacial score (nSPS) is 10.2. The fourth-order valence-corrected chi connectivity index (χ4v) is 2.35. The van der Waals surface area contributed by atoms with Crippen molar-refractivity contribution in [3.05, 3.63) is 63.2 Å². The molecule has 132 valence electrons. The van der Waals surface area contributed by atoms with E-state index in [1.807, 2.05) is 32.0 Å². The molecule has 0 amide bonds. The van der Waals surface area contributed by atoms with Crippen LogP contribution in [0.1, 0.15) is 21.5 Å². The first-order valence-electron chi connectivity index (χ1n) is 7.62. The maximum absolute atomic E-state index is 11.5. The first-order chi connectivity index (χ1) is 11.9. The van der Waals surface area contributed by atoms with E-state index in [0.29, 0.717) is 0 Å². The van der Waals surface area contributed by atoms with Crippen molar-refractivity contribution >= 4 is 11.7 Å². The van der Waals surface area contributed by atoms with E-state index in [-0.39, 0.29) is 30.2 Å². The second kappa shape index (κ2) is 8.14. The van der Waals surface area contributed by atoms with Gasteiger partial charge in [-0.05, 0) is 37.1 Å². The summed E-state index contributed by atoms with van der Waals surface area (Å²) in [6, 6.07) is 9.76. The SMILES string of the molecule is COC(=O)c1ccc(OCCOc2c(C)cccc2C)c([N+](=O)[O-])c1. The molecule has 0 spiro atoms. The molecule has 0 bridgehead atoms. The number of para-hydroxylation sites is 1. The van der Waals surface area contributed by atoms with Gasteiger partial charge in [-0.3, -0.25) is 10.1 Å². The zero-order chi connectivity index (χ0) is 18.4. The van der Waals surface area contributed by atoms with Crippen LogP contribution >= 0.6 is 0 Å². The molecule has 2 aromatic carbocycles. The highest BCUT2D eigenvalue weighted by atomic mass is 16.6. The number of benzene rings is 2. The van der Waals surface area contributed by atoms with Crippen molar-refractivity contribution < 1.29 is 23.9 Å². The molecule has 0 radical (unpaired) electrons. The van der Waals surface area contributed by atoms with Crippen molar-refractivity contribution in [3.8, 4) is 11.5 Å². The quantitative estimate of drug-likeness (QED) is 0.330. The van der Waals surface area contributed by atoms with Gasteiger partial charge in [-0.1, -0.05) is 18.2 Å². The molecular weight excluding hydrogens is 326 g/mol. The van der Waals surface area contributed by atoms with Gasteiger partial charge >= 0.3 is 11.7 Å². The number of carbonyl (C=O) groups excluding carboxylic acids is 1. The van der Waals surface area contributed by atoms with Gasteiger partial charge in [0.25, 0.3) is 0 Å². The summed E-state index contributed by atoms with van der Waals surface area (Å²) in [4.78, 5) is 22.0. The Balaban J connectivity index is 2.03. The summed E-state index contributed by atoms with van der Waals surface area (Å²) < 4.78 is 15.7. The number of nitro benzene ring substituents is 1. The van der Waals surface area contributed by atoms with Gasteiger partial charge in [0.2, 0.25) is 0 Å². The van der Waals surface area contributed by atoms with Gasteiger partial charge in [0.1, 0.15) is 19.0 Å². The maximum Gasteiger partial charge on any atom is 0.338 e. The Labute approximate surface area is 145 Å². The Kier molecular flexibility index (Phi) is 5.94. The van der Waals surface area contributed by atoms with Gasteiger partial charge in [0.05, 0.1) is 17.6 Å². The van der Waals surface area contributed by atoms with Crippen LogP contribution in [0.15, 0.2) is 36.4 Å². The van der Waals surface area contributed by atoms with Crippen molar-refractivity contribution in [2.24, 2.45) is 0 Å². The van der Waals surface area contributed by atoms with Crippen LogP contribution in [0, 0.1) is 24.0 Å². The summed E-state index contributed by atoms with van der Waals surface area (Å²) in [6.45, 7) is 4.26. The van der Waals surface area contributed by atoms with Crippen LogP contribution < -0.4 is 9.47 Å². The van der Waals surface area contributed by atoms with Gasteiger partial charge in [-0.25, -0.2) is 4.79 Å². The minimum atomic E-state index is -0.645. The second-order valence-corrected chi connectivity index (χ2v) is 5.35. The van der Waals surface area contributed by atoms with Crippen molar-refractivity contribution in [1.29, 1.82) is 0 Å². The molecule has 0 atom stereocenters. The highest BCUT2D eigenvalue weighted by molar-refractivity contribution is 5.90. The van der Waals surface area contributed by atoms with E-state index < -0.39 is 10.9 Å². The van der Waals surface area contributed by atoms with E-state index in [0.717, 1.165) is 22.9 Å². The van der Waals surface area contributed by atoms with E-state index >= 15 is 0 Å². The molecular formula is C18H19NO6. The van der Waals surface area contributed by atoms with Crippen LogP contribution in [0.5, 0.6) is 11.5 Å². The molecule has 0 aliphatic rings. The Hall–Kier alpha value is -3.09. The highest BCUT2D eigenvalue weighted by Crippen LogP contribution is 2.28. The van der Waals surface area contributed by atoms with Gasteiger partial charge in [0.15, 0.2) is 5.75 Å². The number of ether oxygens (including phenoxy) is 3. The lowest BCUT2D eigenvalue weighted by Gasteiger charge is -2.12. The number of rotatable bonds is 7. The lowest BCUT2D eigenvalue weighted by atomic mass is 10.1. The lowest BCUT2D eigenvalue weighted by Crippen LogP contribution is -2.11. The largest absolute Gasteiger partial charge is 0.489 e. The van der Waals surface area contributed by atoms with Crippen molar-refractivity contribution in [3.63, 3.8) is 0 Å². The Morgan fingerprint density at radius 1 is 1.08 bits per heavy atom. The zero-order valence-corrected chi connectivity index (χ0v) is 14.3. The highest BCUT2D eigenvalue weighted by Gasteiger charge is 2.19. The minimum absolute atomic E-state index is 0.0720. The Morgan fingerprint density at radius 2 is 1.72 bits per heavy atom. The van der Waals surface area contributed by atoms with Crippen LogP contribution in [0.25, 0.3) is 0 Å². The third kappa shape index (κ3) is 4.47. The number of nitrogens with zero attached hydrogens (tertiary/aromatic N) is 1. The van der Waals surface area contributed by atoms with Crippen LogP contribution in [-0.2, 0) is 4.74 Å². The molecule has 0 aromatic heterocycles. The molecule has 2 rings (SSSR count). The number of hydrogen-bond acceptors (Lipinski definition) is 6. The number of hydrogen-bond donors (Lipinski definition) is 0. The summed E-state index contributed by atoms with van der Waals surface area (Å²) in [6.07, 6.45) is 0. The number of methoxy groups -OCH3 is 1. The third-order valence-electron chi connectivity index (χ3n) is 3.57. The van der Waals surface area contributed by atoms with E-state index in [1.54, 1.807) is 0 Å². The lowest BCUT2D eigenvalue weighted by molar-refractivity contribution is -0.385. The van der Waals surface area contributed by atoms with E-state index in [9.17, 15) is 14.9 Å². The number of aryl methyl sites for hydroxylation is 2. The van der Waals surface area contributed by atoms with Gasteiger partial charge in [-0.15, -0.1) is 0 Å². The summed E-state index contributed by atoms with van der Waals surface area (Å²) in [7, 11) is 1.21. The molecule has 0 saturated heterocycles. The standard InChI is InChI=1S/C18H19NO6/c1-12-5-4-6-13(2)17(12)25-10-9-24-16-8-7-14(18(20)23-3)11-15(16)19(21)22/h4-8,11H,9-10H2,1-3H3. The van der Waals surface area contributed by atoms with Crippen LogP contribution in [0.2, 0.25) is 0 Å². The van der Waals surface area contributed by atoms with Crippen LogP contribution in [-0.4, -0.2) is 31.2 Å². The molecule has 0 aliphatic carbocycles. The van der Waals surface area contributed by atoms with Gasteiger partial charge in [-0.2, -0.15) is 0 Å². The third-order valence-corrected chi connectivity index (χ3v) is 3.57. The molecule has 0 fully saturated rings. The van der Waals surface area contributed by atoms with Crippen molar-refractivity contribution in [2.75, 3.05) is 20.3 Å². The molecule has 0 aliphatic heterocycles. The Bertz CT molecular complexity index is 767. The number of esters is 1. The Morgan fingerprint density at radius 3 is 2.32 bits per heavy atom. The van der Waals surface area contributed by atoms with Crippen molar-refractivity contribution in [1.82, 2.24) is 0 Å². The fourth-order valence-electron chi connectivity index (χ4n) is 2.35. The molecule has 0 saturated carbocycles. The minimum Gasteiger partial charge on any atom is -0.489 e. The smallest absolute Gasteiger partial charge is 0.338 e. The molecule has 2 aromatic rings. The zero-order valence-electron chi connectivity index (χ0n) is 14.3. The van der Waals surface area contributed by atoms with Crippen molar-refractivity contribution in [2.45, 2.75) is 13.8 Å². The molecule has 0 heterocycles. The summed E-state index contributed by atoms with van der Waals surface area (Å²) in [5.41, 5.74) is 1.81. The fraction of sp³-hybridized carbons (Fsp3) is 0.278. The van der Waals surface area contributed by atoms with E-state index in [4.69, 9.17) is 9.47 Å². The topological polar surface area (TPSA) is 87.9 Å². The average molecular weight is 345 g/mol. The number of nitro groups is 1. The maximum atomic E-state index is 11.5. The summed E-state index contributed by atoms with van der Waals surface area (Å²) >= 11 is 0. The molecule has 7 nitrogen and oxygen atoms in total. The molecule has 0 unspecified atom stereocenters. The second-order valence-electron chi connectivity index (χ2n) is 5.35. The van der Waals surface area contributed by atoms with Gasteiger partial charge < -0.3 is 14.2 Å². The van der Waals surface area contributed by atoms with Crippen LogP contribution in [0.3, 0.4) is 0 Å². The van der Waals surface area contributed by atoms with Crippen LogP contribution in [0.4, 0.5) is 5.69 Å². The predicted molar refractivity (Wildman–Crippen MR) is 91.3 cm³/mol. The first kappa shape index (κ1) is 18.3. The summed E-state index contributed by atoms with van der Waals surface area (Å²) in [5, 5.41) is 11.2. The molecule has 0 N–H and O–H groups in total. The monoisotopic (exact) mass is 345 g/mol. The average Bonchev–Trinajstić information content (AvgIpc) is 2.59. The van der Waals surface area contributed by atoms with Gasteiger partial charge in [0, 0.05) is 6.07 Å². The molecule has 25 heavy (non-hydrogen) atoms. The first-order valence-corrected chi connectivity index (χ1v) is 7.62. The van der Waals surface area contributed by atoms with E-state index in [1.165, 1.54) is 19.2 Å². The number of carbonyl (C=O) groups is 1. The van der Waals surface area contributed by atoms with E-state index in [2.05, 4.69) is 4.74 Å².